The van der Waals surface area contributed by atoms with Crippen LogP contribution in [0.1, 0.15) is 68.8 Å². The van der Waals surface area contributed by atoms with Crippen molar-refractivity contribution in [1.82, 2.24) is 19.6 Å². The Morgan fingerprint density at radius 3 is 2.51 bits per heavy atom. The maximum absolute atomic E-state index is 14.4. The average molecular weight is 986 g/mol. The van der Waals surface area contributed by atoms with Gasteiger partial charge in [-0.1, -0.05) is 43.2 Å². The average Bonchev–Trinajstić information content (AvgIpc) is 3.78. The van der Waals surface area contributed by atoms with Crippen LogP contribution in [0.25, 0.3) is 16.6 Å². The van der Waals surface area contributed by atoms with Crippen LogP contribution in [0.5, 0.6) is 5.88 Å². The molecule has 360 valence electrons. The lowest BCUT2D eigenvalue weighted by molar-refractivity contribution is -0.384. The number of amides is 1. The minimum absolute atomic E-state index is 0.0917. The van der Waals surface area contributed by atoms with Gasteiger partial charge in [0.1, 0.15) is 23.6 Å². The first kappa shape index (κ1) is 47.6. The van der Waals surface area contributed by atoms with Crippen molar-refractivity contribution in [2.45, 2.75) is 57.8 Å². The fourth-order valence-corrected chi connectivity index (χ4v) is 13.5. The summed E-state index contributed by atoms with van der Waals surface area (Å²) in [6.07, 6.45) is 7.15. The number of piperazine rings is 1. The second-order valence-corrected chi connectivity index (χ2v) is 23.9. The first-order valence-corrected chi connectivity index (χ1v) is 27.2. The molecule has 0 unspecified atom stereocenters. The molecule has 0 bridgehead atoms. The van der Waals surface area contributed by atoms with Gasteiger partial charge in [-0.15, -0.1) is 0 Å². The van der Waals surface area contributed by atoms with Crippen molar-refractivity contribution in [2.24, 2.45) is 11.3 Å². The number of benzene rings is 3. The van der Waals surface area contributed by atoms with E-state index in [1.54, 1.807) is 12.3 Å². The Morgan fingerprint density at radius 1 is 1.01 bits per heavy atom. The first-order chi connectivity index (χ1) is 32.6. The number of ether oxygens (including phenoxy) is 1. The summed E-state index contributed by atoms with van der Waals surface area (Å²) in [5.74, 6) is -0.412. The molecule has 0 atom stereocenters. The highest BCUT2D eigenvalue weighted by molar-refractivity contribution is 7.90. The molecule has 19 heteroatoms. The highest BCUT2D eigenvalue weighted by atomic mass is 35.5. The van der Waals surface area contributed by atoms with Crippen LogP contribution in [0.15, 0.2) is 89.5 Å². The van der Waals surface area contributed by atoms with E-state index in [1.165, 1.54) is 28.8 Å². The molecule has 68 heavy (non-hydrogen) atoms. The number of anilines is 4. The largest absolute Gasteiger partial charge is 0.474 e. The normalized spacial score (nSPS) is 21.0. The zero-order valence-corrected chi connectivity index (χ0v) is 41.1. The lowest BCUT2D eigenvalue weighted by atomic mass is 9.72. The van der Waals surface area contributed by atoms with Crippen LogP contribution >= 0.6 is 19.0 Å². The summed E-state index contributed by atoms with van der Waals surface area (Å²) in [7, 11) is -7.26. The second-order valence-electron chi connectivity index (χ2n) is 19.0. The standard InChI is InChI=1S/C49H58ClN8O8PS/c1-4-66-67(62)25-15-33(16-26-67)31-52-42-12-10-39(29-44(42)58(60)61)68(63,64)54-47(59)40-11-9-38(28-43(40)57-23-24-65-48-45(57)27-35-14-18-51-46(35)53-48)56-21-19-55(20-22-56)32-36-13-17-49(2,3)30-41(36)34-5-7-37(50)8-6-34/h5-12,14,18,27-29,33,52H,4,13,15-17,19-26,30-32H2,1-3H3,(H,51,53)(H,54,59). The SMILES string of the molecule is CCOP1(=O)CCC(CNc2ccc(S(=O)(=O)NC(=O)c3ccc(N4CCN(CC5=C(c6ccc(Cl)cc6)CC(C)(C)CC5)CC4)cc3N3CCOc4nc5[nH]ccc5cc43)cc2[N+](=O)[O-])CC1. The van der Waals surface area contributed by atoms with Gasteiger partial charge in [0.05, 0.1) is 34.2 Å². The van der Waals surface area contributed by atoms with E-state index in [0.29, 0.717) is 67.8 Å². The van der Waals surface area contributed by atoms with E-state index in [9.17, 15) is 27.9 Å². The Labute approximate surface area is 402 Å². The number of nitro benzene ring substituents is 1. The van der Waals surface area contributed by atoms with E-state index in [2.05, 4.69) is 50.8 Å². The summed E-state index contributed by atoms with van der Waals surface area (Å²) in [5.41, 5.74) is 6.72. The highest BCUT2D eigenvalue weighted by Gasteiger charge is 2.34. The van der Waals surface area contributed by atoms with Crippen molar-refractivity contribution >= 4 is 79.9 Å². The number of rotatable bonds is 14. The number of aromatic nitrogens is 2. The Kier molecular flexibility index (Phi) is 13.7. The van der Waals surface area contributed by atoms with E-state index in [4.69, 9.17) is 25.8 Å². The fraction of sp³-hybridized carbons (Fsp3) is 0.429. The van der Waals surface area contributed by atoms with Gasteiger partial charge in [-0.25, -0.2) is 13.1 Å². The molecular weight excluding hydrogens is 927 g/mol. The topological polar surface area (TPSA) is 192 Å². The van der Waals surface area contributed by atoms with Gasteiger partial charge in [0.25, 0.3) is 21.6 Å². The summed E-state index contributed by atoms with van der Waals surface area (Å²) in [5, 5.41) is 17.0. The van der Waals surface area contributed by atoms with Crippen molar-refractivity contribution in [2.75, 3.05) is 86.5 Å². The van der Waals surface area contributed by atoms with Gasteiger partial charge in [0, 0.05) is 80.0 Å². The van der Waals surface area contributed by atoms with Crippen molar-refractivity contribution < 1.29 is 32.0 Å². The summed E-state index contributed by atoms with van der Waals surface area (Å²) >= 11 is 6.27. The van der Waals surface area contributed by atoms with E-state index in [-0.39, 0.29) is 29.2 Å². The second kappa shape index (κ2) is 19.5. The van der Waals surface area contributed by atoms with Gasteiger partial charge in [-0.2, -0.15) is 4.98 Å². The molecule has 1 aliphatic carbocycles. The van der Waals surface area contributed by atoms with Crippen molar-refractivity contribution in [3.8, 4) is 5.88 Å². The third-order valence-electron chi connectivity index (χ3n) is 13.8. The molecule has 9 rings (SSSR count). The van der Waals surface area contributed by atoms with Gasteiger partial charge in [0.15, 0.2) is 0 Å². The number of pyridine rings is 1. The summed E-state index contributed by atoms with van der Waals surface area (Å²) in [6, 6.07) is 21.0. The molecule has 1 amide bonds. The maximum Gasteiger partial charge on any atom is 0.293 e. The summed E-state index contributed by atoms with van der Waals surface area (Å²) in [6.45, 7) is 11.9. The van der Waals surface area contributed by atoms with Crippen LogP contribution in [-0.2, 0) is 19.1 Å². The van der Waals surface area contributed by atoms with Crippen molar-refractivity contribution in [3.05, 3.63) is 111 Å². The Balaban J connectivity index is 0.952. The molecule has 0 saturated carbocycles. The molecule has 2 saturated heterocycles. The zero-order valence-electron chi connectivity index (χ0n) is 38.6. The predicted molar refractivity (Wildman–Crippen MR) is 268 cm³/mol. The number of nitro groups is 1. The first-order valence-electron chi connectivity index (χ1n) is 23.4. The number of nitrogens with one attached hydrogen (secondary N) is 3. The van der Waals surface area contributed by atoms with Gasteiger partial charge < -0.3 is 29.4 Å². The molecule has 5 heterocycles. The van der Waals surface area contributed by atoms with Crippen LogP contribution in [0.2, 0.25) is 5.02 Å². The predicted octanol–water partition coefficient (Wildman–Crippen LogP) is 9.70. The van der Waals surface area contributed by atoms with Crippen LogP contribution in [-0.4, -0.2) is 105 Å². The van der Waals surface area contributed by atoms with Crippen LogP contribution < -0.4 is 24.6 Å². The molecule has 3 aromatic carbocycles. The number of sulfonamides is 1. The number of allylic oxidation sites excluding steroid dienone is 1. The lowest BCUT2D eigenvalue weighted by Gasteiger charge is -2.39. The van der Waals surface area contributed by atoms with Crippen LogP contribution in [0.3, 0.4) is 0 Å². The minimum Gasteiger partial charge on any atom is -0.474 e. The van der Waals surface area contributed by atoms with Crippen LogP contribution in [0, 0.1) is 21.4 Å². The smallest absolute Gasteiger partial charge is 0.293 e. The number of carbonyl (C=O) groups excluding carboxylic acids is 1. The van der Waals surface area contributed by atoms with Gasteiger partial charge in [-0.05, 0) is 116 Å². The third-order valence-corrected chi connectivity index (χ3v) is 18.0. The van der Waals surface area contributed by atoms with Gasteiger partial charge in [0.2, 0.25) is 13.2 Å². The molecule has 4 aliphatic rings. The highest BCUT2D eigenvalue weighted by Crippen LogP contribution is 2.52. The number of fused-ring (bicyclic) bond motifs is 2. The fourth-order valence-electron chi connectivity index (χ4n) is 9.94. The van der Waals surface area contributed by atoms with Gasteiger partial charge in [-0.3, -0.25) is 24.4 Å². The van der Waals surface area contributed by atoms with Crippen molar-refractivity contribution in [1.29, 1.82) is 0 Å². The minimum atomic E-state index is -4.60. The summed E-state index contributed by atoms with van der Waals surface area (Å²) in [4.78, 5) is 40.1. The number of hydrogen-bond donors (Lipinski definition) is 3. The molecule has 0 spiro atoms. The quantitative estimate of drug-likeness (QED) is 0.0542. The molecule has 16 nitrogen and oxygen atoms in total. The monoisotopic (exact) mass is 984 g/mol. The number of aromatic amines is 1. The molecule has 5 aromatic rings. The van der Waals surface area contributed by atoms with E-state index in [0.717, 1.165) is 74.1 Å². The summed E-state index contributed by atoms with van der Waals surface area (Å²) < 4.78 is 54.5. The zero-order chi connectivity index (χ0) is 47.8. The van der Waals surface area contributed by atoms with Crippen LogP contribution in [0.4, 0.5) is 28.4 Å². The van der Waals surface area contributed by atoms with E-state index >= 15 is 0 Å². The molecular formula is C49H58ClN8O8PS. The Bertz CT molecular complexity index is 2910. The van der Waals surface area contributed by atoms with E-state index < -0.39 is 38.8 Å². The lowest BCUT2D eigenvalue weighted by Crippen LogP contribution is -2.47. The third kappa shape index (κ3) is 10.4. The molecule has 3 aliphatic heterocycles. The van der Waals surface area contributed by atoms with E-state index in [1.807, 2.05) is 48.2 Å². The van der Waals surface area contributed by atoms with Gasteiger partial charge >= 0.3 is 0 Å². The maximum atomic E-state index is 14.4. The number of H-pyrrole nitrogens is 1. The Hall–Kier alpha value is -5.45. The molecule has 2 fully saturated rings. The number of halogens is 1. The molecule has 2 aromatic heterocycles. The number of hydrogen-bond acceptors (Lipinski definition) is 13. The number of carbonyl (C=O) groups is 1. The molecule has 3 N–H and O–H groups in total. The van der Waals surface area contributed by atoms with Crippen molar-refractivity contribution in [3.63, 3.8) is 0 Å². The molecule has 0 radical (unpaired) electrons. The Morgan fingerprint density at radius 2 is 1.78 bits per heavy atom. The number of nitrogens with zero attached hydrogens (tertiary/aromatic N) is 5.